The summed E-state index contributed by atoms with van der Waals surface area (Å²) in [6, 6.07) is 2.38. The fourth-order valence-electron chi connectivity index (χ4n) is 1.94. The highest BCUT2D eigenvalue weighted by atomic mass is 19.1. The molecule has 0 unspecified atom stereocenters. The molecule has 0 aliphatic heterocycles. The second-order valence-corrected chi connectivity index (χ2v) is 6.20. The summed E-state index contributed by atoms with van der Waals surface area (Å²) in [4.78, 5) is 27.6. The standard InChI is InChI=1S/C16H20FN5O4.CH4/c1-5-25-14(23)9-8-19-22(12(9)18)11-7-6-10(17)13(20-11)21-15(24)26-16(2,3)4;/h6-8H,5,18H2,1-4H3,(H,20,21,24);1H4. The van der Waals surface area contributed by atoms with E-state index in [1.54, 1.807) is 27.7 Å². The number of halogens is 1. The third-order valence-corrected chi connectivity index (χ3v) is 2.97. The first kappa shape index (κ1) is 21.9. The van der Waals surface area contributed by atoms with Crippen molar-refractivity contribution in [3.05, 3.63) is 29.7 Å². The third kappa shape index (κ3) is 5.40. The van der Waals surface area contributed by atoms with Crippen molar-refractivity contribution in [2.75, 3.05) is 17.7 Å². The monoisotopic (exact) mass is 381 g/mol. The predicted molar refractivity (Wildman–Crippen MR) is 98.3 cm³/mol. The number of amides is 1. The molecular weight excluding hydrogens is 357 g/mol. The van der Waals surface area contributed by atoms with Gasteiger partial charge < -0.3 is 15.2 Å². The summed E-state index contributed by atoms with van der Waals surface area (Å²) in [5.74, 6) is -1.68. The first-order valence-corrected chi connectivity index (χ1v) is 7.80. The third-order valence-electron chi connectivity index (χ3n) is 2.97. The number of nitrogens with zero attached hydrogens (tertiary/aromatic N) is 3. The molecule has 0 fully saturated rings. The van der Waals surface area contributed by atoms with Gasteiger partial charge in [-0.2, -0.15) is 9.78 Å². The van der Waals surface area contributed by atoms with Crippen LogP contribution in [-0.4, -0.2) is 39.0 Å². The number of hydrogen-bond acceptors (Lipinski definition) is 7. The van der Waals surface area contributed by atoms with Crippen LogP contribution in [0, 0.1) is 5.82 Å². The molecule has 0 saturated heterocycles. The van der Waals surface area contributed by atoms with Crippen LogP contribution in [0.4, 0.5) is 20.8 Å². The van der Waals surface area contributed by atoms with E-state index in [0.29, 0.717) is 0 Å². The normalized spacial score (nSPS) is 10.7. The van der Waals surface area contributed by atoms with Gasteiger partial charge in [0.25, 0.3) is 0 Å². The summed E-state index contributed by atoms with van der Waals surface area (Å²) < 4.78 is 25.0. The Labute approximate surface area is 156 Å². The molecule has 0 radical (unpaired) electrons. The minimum atomic E-state index is -0.860. The molecule has 0 aromatic carbocycles. The topological polar surface area (TPSA) is 121 Å². The van der Waals surface area contributed by atoms with E-state index < -0.39 is 23.5 Å². The predicted octanol–water partition coefficient (Wildman–Crippen LogP) is 3.15. The van der Waals surface area contributed by atoms with Gasteiger partial charge in [0.05, 0.1) is 12.8 Å². The summed E-state index contributed by atoms with van der Waals surface area (Å²) in [7, 11) is 0. The molecule has 0 spiro atoms. The molecule has 9 nitrogen and oxygen atoms in total. The van der Waals surface area contributed by atoms with Crippen LogP contribution in [0.2, 0.25) is 0 Å². The number of carbonyl (C=O) groups is 2. The van der Waals surface area contributed by atoms with E-state index in [-0.39, 0.29) is 37.1 Å². The number of nitrogen functional groups attached to an aromatic ring is 1. The minimum Gasteiger partial charge on any atom is -0.462 e. The number of carbonyl (C=O) groups excluding carboxylic acids is 2. The lowest BCUT2D eigenvalue weighted by atomic mass is 10.2. The fraction of sp³-hybridized carbons (Fsp3) is 0.412. The number of esters is 1. The maximum Gasteiger partial charge on any atom is 0.413 e. The van der Waals surface area contributed by atoms with Gasteiger partial charge in [-0.25, -0.2) is 19.0 Å². The average Bonchev–Trinajstić information content (AvgIpc) is 2.89. The lowest BCUT2D eigenvalue weighted by molar-refractivity contribution is 0.0526. The van der Waals surface area contributed by atoms with Crippen molar-refractivity contribution >= 4 is 23.7 Å². The lowest BCUT2D eigenvalue weighted by Gasteiger charge is -2.19. The first-order valence-electron chi connectivity index (χ1n) is 7.80. The van der Waals surface area contributed by atoms with E-state index in [9.17, 15) is 14.0 Å². The zero-order chi connectivity index (χ0) is 19.5. The zero-order valence-electron chi connectivity index (χ0n) is 14.9. The molecule has 0 saturated carbocycles. The van der Waals surface area contributed by atoms with Gasteiger partial charge in [0, 0.05) is 0 Å². The highest BCUT2D eigenvalue weighted by Crippen LogP contribution is 2.20. The van der Waals surface area contributed by atoms with Gasteiger partial charge in [0.1, 0.15) is 17.0 Å². The Hall–Kier alpha value is -3.17. The second-order valence-electron chi connectivity index (χ2n) is 6.20. The van der Waals surface area contributed by atoms with Gasteiger partial charge in [-0.1, -0.05) is 7.43 Å². The molecule has 27 heavy (non-hydrogen) atoms. The van der Waals surface area contributed by atoms with Crippen LogP contribution in [-0.2, 0) is 9.47 Å². The smallest absolute Gasteiger partial charge is 0.413 e. The molecular formula is C17H24FN5O4. The number of rotatable bonds is 4. The molecule has 0 bridgehead atoms. The van der Waals surface area contributed by atoms with E-state index in [1.165, 1.54) is 12.3 Å². The number of pyridine rings is 1. The molecule has 1 amide bonds. The maximum atomic E-state index is 13.9. The Bertz CT molecular complexity index is 829. The molecule has 2 rings (SSSR count). The first-order chi connectivity index (χ1) is 12.1. The van der Waals surface area contributed by atoms with E-state index in [0.717, 1.165) is 10.7 Å². The van der Waals surface area contributed by atoms with E-state index in [2.05, 4.69) is 15.4 Å². The van der Waals surface area contributed by atoms with Crippen molar-refractivity contribution < 1.29 is 23.5 Å². The SMILES string of the molecule is C.CCOC(=O)c1cnn(-c2ccc(F)c(NC(=O)OC(C)(C)C)n2)c1N. The van der Waals surface area contributed by atoms with Crippen LogP contribution < -0.4 is 11.1 Å². The number of nitrogens with one attached hydrogen (secondary N) is 1. The van der Waals surface area contributed by atoms with E-state index in [4.69, 9.17) is 15.2 Å². The van der Waals surface area contributed by atoms with Crippen molar-refractivity contribution in [2.24, 2.45) is 0 Å². The summed E-state index contributed by atoms with van der Waals surface area (Å²) >= 11 is 0. The highest BCUT2D eigenvalue weighted by molar-refractivity contribution is 5.94. The van der Waals surface area contributed by atoms with Crippen LogP contribution in [0.3, 0.4) is 0 Å². The average molecular weight is 381 g/mol. The summed E-state index contributed by atoms with van der Waals surface area (Å²) in [6.07, 6.45) is 0.362. The van der Waals surface area contributed by atoms with Gasteiger partial charge >= 0.3 is 12.1 Å². The molecule has 0 aliphatic carbocycles. The van der Waals surface area contributed by atoms with Gasteiger partial charge in [0.2, 0.25) is 0 Å². The molecule has 2 heterocycles. The highest BCUT2D eigenvalue weighted by Gasteiger charge is 2.21. The van der Waals surface area contributed by atoms with Crippen molar-refractivity contribution in [3.8, 4) is 5.82 Å². The van der Waals surface area contributed by atoms with E-state index >= 15 is 0 Å². The van der Waals surface area contributed by atoms with Crippen LogP contribution in [0.5, 0.6) is 0 Å². The van der Waals surface area contributed by atoms with Crippen molar-refractivity contribution in [1.82, 2.24) is 14.8 Å². The van der Waals surface area contributed by atoms with Gasteiger partial charge in [0.15, 0.2) is 17.5 Å². The minimum absolute atomic E-state index is 0. The molecule has 2 aromatic heterocycles. The Morgan fingerprint density at radius 3 is 2.59 bits per heavy atom. The Morgan fingerprint density at radius 2 is 2.00 bits per heavy atom. The lowest BCUT2D eigenvalue weighted by Crippen LogP contribution is -2.28. The zero-order valence-corrected chi connectivity index (χ0v) is 14.9. The maximum absolute atomic E-state index is 13.9. The van der Waals surface area contributed by atoms with Crippen molar-refractivity contribution in [3.63, 3.8) is 0 Å². The Morgan fingerprint density at radius 1 is 1.33 bits per heavy atom. The molecule has 0 atom stereocenters. The second kappa shape index (κ2) is 8.47. The van der Waals surface area contributed by atoms with Crippen LogP contribution >= 0.6 is 0 Å². The molecule has 148 valence electrons. The fourth-order valence-corrected chi connectivity index (χ4v) is 1.94. The molecule has 3 N–H and O–H groups in total. The molecule has 10 heteroatoms. The number of hydrogen-bond donors (Lipinski definition) is 2. The summed E-state index contributed by atoms with van der Waals surface area (Å²) in [6.45, 7) is 6.87. The summed E-state index contributed by atoms with van der Waals surface area (Å²) in [5.41, 5.74) is 5.20. The van der Waals surface area contributed by atoms with Crippen LogP contribution in [0.25, 0.3) is 5.82 Å². The Kier molecular flexibility index (Phi) is 6.87. The van der Waals surface area contributed by atoms with Crippen molar-refractivity contribution in [2.45, 2.75) is 40.7 Å². The summed E-state index contributed by atoms with van der Waals surface area (Å²) in [5, 5.41) is 6.19. The number of aromatic nitrogens is 3. The van der Waals surface area contributed by atoms with Gasteiger partial charge in [-0.15, -0.1) is 0 Å². The number of ether oxygens (including phenoxy) is 2. The van der Waals surface area contributed by atoms with Gasteiger partial charge in [-0.05, 0) is 39.8 Å². The number of nitrogens with two attached hydrogens (primary N) is 1. The quantitative estimate of drug-likeness (QED) is 0.780. The van der Waals surface area contributed by atoms with Crippen LogP contribution in [0.1, 0.15) is 45.5 Å². The van der Waals surface area contributed by atoms with Gasteiger partial charge in [-0.3, -0.25) is 5.32 Å². The van der Waals surface area contributed by atoms with Crippen LogP contribution in [0.15, 0.2) is 18.3 Å². The van der Waals surface area contributed by atoms with Crippen molar-refractivity contribution in [1.29, 1.82) is 0 Å². The number of anilines is 2. The molecule has 0 aliphatic rings. The largest absolute Gasteiger partial charge is 0.462 e. The van der Waals surface area contributed by atoms with E-state index in [1.807, 2.05) is 0 Å². The Balaban J connectivity index is 0.00000364. The molecule has 2 aromatic rings.